The van der Waals surface area contributed by atoms with E-state index in [2.05, 4.69) is 45.3 Å². The van der Waals surface area contributed by atoms with Gasteiger partial charge in [0.2, 0.25) is 0 Å². The van der Waals surface area contributed by atoms with Crippen molar-refractivity contribution in [3.63, 3.8) is 0 Å². The summed E-state index contributed by atoms with van der Waals surface area (Å²) in [5, 5.41) is 10.7. The Hall–Kier alpha value is -1.81. The fraction of sp³-hybridized carbons (Fsp3) is 0.500. The Morgan fingerprint density at radius 1 is 1.23 bits per heavy atom. The van der Waals surface area contributed by atoms with Gasteiger partial charge in [-0.1, -0.05) is 27.7 Å². The van der Waals surface area contributed by atoms with Crippen molar-refractivity contribution in [2.75, 3.05) is 6.54 Å². The van der Waals surface area contributed by atoms with E-state index >= 15 is 0 Å². The van der Waals surface area contributed by atoms with Crippen LogP contribution in [0, 0.1) is 6.92 Å². The summed E-state index contributed by atoms with van der Waals surface area (Å²) in [4.78, 5) is 11.8. The third kappa shape index (κ3) is 2.63. The van der Waals surface area contributed by atoms with Crippen molar-refractivity contribution in [1.29, 1.82) is 0 Å². The van der Waals surface area contributed by atoms with Gasteiger partial charge in [0, 0.05) is 24.2 Å². The second-order valence-electron chi connectivity index (χ2n) is 6.52. The highest BCUT2D eigenvalue weighted by Gasteiger charge is 2.22. The standard InChI is InChI=1S/C18H26N2O2/c1-10(2)13-8-14-16(11(3)4)12(5)20(7-6-19)17(14)15(9-13)18(21)22/h8-11H,6-7,19H2,1-5H3,(H,21,22). The number of aromatic nitrogens is 1. The summed E-state index contributed by atoms with van der Waals surface area (Å²) in [5.41, 5.74) is 10.4. The predicted octanol–water partition coefficient (Wildman–Crippen LogP) is 3.85. The lowest BCUT2D eigenvalue weighted by Crippen LogP contribution is -2.13. The first-order valence-corrected chi connectivity index (χ1v) is 7.89. The zero-order valence-corrected chi connectivity index (χ0v) is 14.1. The molecule has 0 aliphatic carbocycles. The third-order valence-corrected chi connectivity index (χ3v) is 4.31. The number of carboxylic acid groups (broad SMARTS) is 1. The van der Waals surface area contributed by atoms with Gasteiger partial charge in [0.05, 0.1) is 11.1 Å². The van der Waals surface area contributed by atoms with Crippen LogP contribution in [-0.4, -0.2) is 22.2 Å². The number of aromatic carboxylic acids is 1. The molecule has 120 valence electrons. The van der Waals surface area contributed by atoms with Crippen molar-refractivity contribution in [3.8, 4) is 0 Å². The first-order chi connectivity index (χ1) is 10.3. The van der Waals surface area contributed by atoms with Crippen LogP contribution in [0.1, 0.15) is 66.7 Å². The van der Waals surface area contributed by atoms with E-state index in [0.717, 1.165) is 22.2 Å². The van der Waals surface area contributed by atoms with E-state index in [1.807, 2.05) is 6.07 Å². The lowest BCUT2D eigenvalue weighted by atomic mass is 9.93. The van der Waals surface area contributed by atoms with Crippen molar-refractivity contribution in [2.45, 2.75) is 53.0 Å². The Labute approximate surface area is 131 Å². The predicted molar refractivity (Wildman–Crippen MR) is 90.9 cm³/mol. The molecule has 22 heavy (non-hydrogen) atoms. The molecular formula is C18H26N2O2. The highest BCUT2D eigenvalue weighted by molar-refractivity contribution is 6.04. The molecule has 0 atom stereocenters. The van der Waals surface area contributed by atoms with Crippen LogP contribution in [0.3, 0.4) is 0 Å². The second-order valence-corrected chi connectivity index (χ2v) is 6.52. The highest BCUT2D eigenvalue weighted by Crippen LogP contribution is 2.36. The largest absolute Gasteiger partial charge is 0.478 e. The monoisotopic (exact) mass is 302 g/mol. The Morgan fingerprint density at radius 2 is 1.86 bits per heavy atom. The van der Waals surface area contributed by atoms with Gasteiger partial charge in [-0.15, -0.1) is 0 Å². The molecule has 0 radical (unpaired) electrons. The maximum Gasteiger partial charge on any atom is 0.337 e. The van der Waals surface area contributed by atoms with Crippen LogP contribution in [0.5, 0.6) is 0 Å². The number of hydrogen-bond acceptors (Lipinski definition) is 2. The van der Waals surface area contributed by atoms with Gasteiger partial charge in [0.15, 0.2) is 0 Å². The van der Waals surface area contributed by atoms with Crippen molar-refractivity contribution in [3.05, 3.63) is 34.5 Å². The molecule has 2 rings (SSSR count). The Kier molecular flexibility index (Phi) is 4.61. The summed E-state index contributed by atoms with van der Waals surface area (Å²) in [6.07, 6.45) is 0. The average Bonchev–Trinajstić information content (AvgIpc) is 2.70. The molecule has 0 aliphatic rings. The number of fused-ring (bicyclic) bond motifs is 1. The van der Waals surface area contributed by atoms with Crippen LogP contribution < -0.4 is 5.73 Å². The van der Waals surface area contributed by atoms with E-state index in [1.54, 1.807) is 0 Å². The molecule has 0 amide bonds. The maximum absolute atomic E-state index is 11.8. The first kappa shape index (κ1) is 16.6. The van der Waals surface area contributed by atoms with Gasteiger partial charge in [-0.3, -0.25) is 0 Å². The van der Waals surface area contributed by atoms with Gasteiger partial charge >= 0.3 is 5.97 Å². The molecule has 1 aromatic carbocycles. The topological polar surface area (TPSA) is 68.2 Å². The summed E-state index contributed by atoms with van der Waals surface area (Å²) < 4.78 is 2.07. The average molecular weight is 302 g/mol. The normalized spacial score (nSPS) is 11.8. The fourth-order valence-corrected chi connectivity index (χ4v) is 3.29. The number of benzene rings is 1. The molecule has 2 aromatic rings. The van der Waals surface area contributed by atoms with Crippen molar-refractivity contribution in [2.24, 2.45) is 5.73 Å². The number of rotatable bonds is 5. The van der Waals surface area contributed by atoms with Crippen molar-refractivity contribution in [1.82, 2.24) is 4.57 Å². The molecule has 0 saturated carbocycles. The van der Waals surface area contributed by atoms with Gasteiger partial charge in [-0.25, -0.2) is 4.79 Å². The zero-order chi connectivity index (χ0) is 16.6. The zero-order valence-electron chi connectivity index (χ0n) is 14.1. The first-order valence-electron chi connectivity index (χ1n) is 7.89. The maximum atomic E-state index is 11.8. The summed E-state index contributed by atoms with van der Waals surface area (Å²) in [7, 11) is 0. The Bertz CT molecular complexity index is 712. The van der Waals surface area contributed by atoms with Gasteiger partial charge < -0.3 is 15.4 Å². The minimum Gasteiger partial charge on any atom is -0.478 e. The van der Waals surface area contributed by atoms with Gasteiger partial charge in [-0.05, 0) is 42.0 Å². The molecule has 0 unspecified atom stereocenters. The Morgan fingerprint density at radius 3 is 2.32 bits per heavy atom. The van der Waals surface area contributed by atoms with E-state index in [4.69, 9.17) is 5.73 Å². The minimum absolute atomic E-state index is 0.292. The van der Waals surface area contributed by atoms with Crippen LogP contribution >= 0.6 is 0 Å². The fourth-order valence-electron chi connectivity index (χ4n) is 3.29. The van der Waals surface area contributed by atoms with Crippen molar-refractivity contribution < 1.29 is 9.90 Å². The Balaban J connectivity index is 2.96. The molecule has 3 N–H and O–H groups in total. The summed E-state index contributed by atoms with van der Waals surface area (Å²) >= 11 is 0. The molecule has 4 heteroatoms. The second kappa shape index (κ2) is 6.13. The van der Waals surface area contributed by atoms with E-state index in [1.165, 1.54) is 5.56 Å². The number of nitrogens with zero attached hydrogens (tertiary/aromatic N) is 1. The van der Waals surface area contributed by atoms with Crippen LogP contribution in [0.4, 0.5) is 0 Å². The van der Waals surface area contributed by atoms with Crippen LogP contribution in [0.15, 0.2) is 12.1 Å². The lowest BCUT2D eigenvalue weighted by Gasteiger charge is -2.11. The summed E-state index contributed by atoms with van der Waals surface area (Å²) in [5.74, 6) is -0.246. The molecule has 0 fully saturated rings. The number of carboxylic acids is 1. The number of hydrogen-bond donors (Lipinski definition) is 2. The molecule has 0 aliphatic heterocycles. The summed E-state index contributed by atoms with van der Waals surface area (Å²) in [6.45, 7) is 11.7. The van der Waals surface area contributed by atoms with Gasteiger partial charge in [0.25, 0.3) is 0 Å². The molecule has 0 bridgehead atoms. The summed E-state index contributed by atoms with van der Waals surface area (Å²) in [6, 6.07) is 3.97. The molecule has 0 spiro atoms. The molecule has 1 heterocycles. The lowest BCUT2D eigenvalue weighted by molar-refractivity contribution is 0.0698. The SMILES string of the molecule is Cc1c(C(C)C)c2cc(C(C)C)cc(C(=O)O)c2n1CCN. The van der Waals surface area contributed by atoms with E-state index in [0.29, 0.717) is 30.5 Å². The highest BCUT2D eigenvalue weighted by atomic mass is 16.4. The van der Waals surface area contributed by atoms with E-state index < -0.39 is 5.97 Å². The van der Waals surface area contributed by atoms with Gasteiger partial charge in [0.1, 0.15) is 0 Å². The molecule has 1 aromatic heterocycles. The quantitative estimate of drug-likeness (QED) is 0.881. The van der Waals surface area contributed by atoms with E-state index in [-0.39, 0.29) is 0 Å². The van der Waals surface area contributed by atoms with Crippen molar-refractivity contribution >= 4 is 16.9 Å². The smallest absolute Gasteiger partial charge is 0.337 e. The molecular weight excluding hydrogens is 276 g/mol. The van der Waals surface area contributed by atoms with Crippen LogP contribution in [0.2, 0.25) is 0 Å². The third-order valence-electron chi connectivity index (χ3n) is 4.31. The number of carbonyl (C=O) groups is 1. The minimum atomic E-state index is -0.876. The number of nitrogens with two attached hydrogens (primary N) is 1. The van der Waals surface area contributed by atoms with Gasteiger partial charge in [-0.2, -0.15) is 0 Å². The molecule has 0 saturated heterocycles. The van der Waals surface area contributed by atoms with Crippen LogP contribution in [-0.2, 0) is 6.54 Å². The van der Waals surface area contributed by atoms with Crippen LogP contribution in [0.25, 0.3) is 10.9 Å². The molecule has 4 nitrogen and oxygen atoms in total. The van der Waals surface area contributed by atoms with E-state index in [9.17, 15) is 9.90 Å².